The highest BCUT2D eigenvalue weighted by molar-refractivity contribution is 6.06. The number of halogens is 5. The van der Waals surface area contributed by atoms with Crippen LogP contribution >= 0.6 is 0 Å². The first-order valence-electron chi connectivity index (χ1n) is 12.3. The van der Waals surface area contributed by atoms with Crippen LogP contribution in [0.4, 0.5) is 27.6 Å². The number of hydrogen-bond acceptors (Lipinski definition) is 5. The van der Waals surface area contributed by atoms with Crippen LogP contribution in [0, 0.1) is 5.41 Å². The first-order valence-corrected chi connectivity index (χ1v) is 12.3. The first-order chi connectivity index (χ1) is 18.5. The van der Waals surface area contributed by atoms with E-state index in [0.29, 0.717) is 5.69 Å². The third-order valence-electron chi connectivity index (χ3n) is 6.67. The summed E-state index contributed by atoms with van der Waals surface area (Å²) in [6, 6.07) is 9.79. The zero-order valence-electron chi connectivity index (χ0n) is 22.0. The van der Waals surface area contributed by atoms with Gasteiger partial charge < -0.3 is 19.3 Å². The first kappa shape index (κ1) is 27.4. The predicted molar refractivity (Wildman–Crippen MR) is 133 cm³/mol. The van der Waals surface area contributed by atoms with Gasteiger partial charge in [0.15, 0.2) is 17.2 Å². The summed E-state index contributed by atoms with van der Waals surface area (Å²) in [5.74, 6) is -1.23. The summed E-state index contributed by atoms with van der Waals surface area (Å²) in [5.41, 5.74) is -1.03. The van der Waals surface area contributed by atoms with Gasteiger partial charge in [0.2, 0.25) is 5.91 Å². The van der Waals surface area contributed by atoms with E-state index >= 15 is 0 Å². The molecule has 0 radical (unpaired) electrons. The lowest BCUT2D eigenvalue weighted by Crippen LogP contribution is -2.42. The molecule has 2 amide bonds. The van der Waals surface area contributed by atoms with Crippen molar-refractivity contribution in [2.45, 2.75) is 46.2 Å². The molecule has 0 aliphatic carbocycles. The molecule has 0 saturated carbocycles. The number of ether oxygens (including phenoxy) is 2. The van der Waals surface area contributed by atoms with Gasteiger partial charge in [0.05, 0.1) is 11.4 Å². The number of anilines is 1. The van der Waals surface area contributed by atoms with Crippen molar-refractivity contribution in [2.24, 2.45) is 5.41 Å². The Hall–Kier alpha value is -4.16. The van der Waals surface area contributed by atoms with Crippen LogP contribution in [-0.2, 0) is 23.9 Å². The lowest BCUT2D eigenvalue weighted by atomic mass is 9.93. The number of aromatic nitrogens is 2. The third kappa shape index (κ3) is 4.95. The van der Waals surface area contributed by atoms with Crippen molar-refractivity contribution in [3.63, 3.8) is 0 Å². The molecular weight excluding hydrogens is 539 g/mol. The van der Waals surface area contributed by atoms with E-state index in [9.17, 15) is 31.5 Å². The van der Waals surface area contributed by atoms with Crippen LogP contribution in [0.25, 0.3) is 5.69 Å². The molecule has 13 heteroatoms. The highest BCUT2D eigenvalue weighted by atomic mass is 19.4. The van der Waals surface area contributed by atoms with Gasteiger partial charge in [-0.1, -0.05) is 26.8 Å². The summed E-state index contributed by atoms with van der Waals surface area (Å²) < 4.78 is 78.8. The van der Waals surface area contributed by atoms with Crippen LogP contribution < -0.4 is 14.4 Å². The fraction of sp³-hybridized carbons (Fsp3) is 0.370. The molecule has 3 aromatic rings. The van der Waals surface area contributed by atoms with Crippen LogP contribution in [0.2, 0.25) is 0 Å². The van der Waals surface area contributed by atoms with Crippen LogP contribution in [-0.4, -0.2) is 46.4 Å². The van der Waals surface area contributed by atoms with Gasteiger partial charge in [0, 0.05) is 54.9 Å². The summed E-state index contributed by atoms with van der Waals surface area (Å²) >= 11 is 0. The predicted octanol–water partition coefficient (Wildman–Crippen LogP) is 5.42. The van der Waals surface area contributed by atoms with Crippen molar-refractivity contribution in [3.8, 4) is 17.2 Å². The standard InChI is InChI=1S/C27H25F5N4O4/c1-25(2,3)24(38)35-11-10-19-18(14-35)22(26(28,29)30)33-36(19)17-7-5-6-15(12-17)23(37)34(4)16-8-9-20-21(13-16)40-27(31,32)39-20/h5-9,12-13H,10-11,14H2,1-4H3. The molecule has 8 nitrogen and oxygen atoms in total. The van der Waals surface area contributed by atoms with E-state index in [1.165, 1.54) is 59.3 Å². The minimum Gasteiger partial charge on any atom is -0.395 e. The van der Waals surface area contributed by atoms with Crippen molar-refractivity contribution in [1.82, 2.24) is 14.7 Å². The zero-order chi connectivity index (χ0) is 29.2. The van der Waals surface area contributed by atoms with Crippen LogP contribution in [0.15, 0.2) is 42.5 Å². The third-order valence-corrected chi connectivity index (χ3v) is 6.67. The van der Waals surface area contributed by atoms with Crippen molar-refractivity contribution in [2.75, 3.05) is 18.5 Å². The molecule has 1 aromatic heterocycles. The number of amides is 2. The quantitative estimate of drug-likeness (QED) is 0.397. The molecular formula is C27H25F5N4O4. The minimum atomic E-state index is -4.76. The lowest BCUT2D eigenvalue weighted by molar-refractivity contribution is -0.286. The van der Waals surface area contributed by atoms with Gasteiger partial charge >= 0.3 is 12.5 Å². The second kappa shape index (κ2) is 9.20. The minimum absolute atomic E-state index is 0.0811. The van der Waals surface area contributed by atoms with Gasteiger partial charge in [-0.3, -0.25) is 9.59 Å². The molecule has 3 heterocycles. The van der Waals surface area contributed by atoms with Gasteiger partial charge in [-0.25, -0.2) is 4.68 Å². The smallest absolute Gasteiger partial charge is 0.395 e. The molecule has 0 spiro atoms. The molecule has 40 heavy (non-hydrogen) atoms. The summed E-state index contributed by atoms with van der Waals surface area (Å²) in [6.45, 7) is 5.10. The molecule has 2 aliphatic rings. The Morgan fingerprint density at radius 1 is 1.02 bits per heavy atom. The Bertz CT molecular complexity index is 1510. The topological polar surface area (TPSA) is 76.9 Å². The van der Waals surface area contributed by atoms with Gasteiger partial charge in [-0.05, 0) is 30.3 Å². The Balaban J connectivity index is 1.46. The number of carbonyl (C=O) groups is 2. The molecule has 0 N–H and O–H groups in total. The average Bonchev–Trinajstić information content (AvgIpc) is 3.42. The van der Waals surface area contributed by atoms with E-state index in [-0.39, 0.29) is 59.4 Å². The maximum Gasteiger partial charge on any atom is 0.586 e. The van der Waals surface area contributed by atoms with Crippen LogP contribution in [0.1, 0.15) is 48.1 Å². The number of alkyl halides is 5. The Morgan fingerprint density at radius 2 is 1.73 bits per heavy atom. The second-order valence-electron chi connectivity index (χ2n) is 10.6. The maximum absolute atomic E-state index is 14.0. The summed E-state index contributed by atoms with van der Waals surface area (Å²) in [6.07, 6.45) is -8.43. The number of carbonyl (C=O) groups excluding carboxylic acids is 2. The number of hydrogen-bond donors (Lipinski definition) is 0. The molecule has 0 atom stereocenters. The van der Waals surface area contributed by atoms with E-state index in [0.717, 1.165) is 4.68 Å². The number of nitrogens with zero attached hydrogens (tertiary/aromatic N) is 4. The van der Waals surface area contributed by atoms with E-state index in [1.54, 1.807) is 20.8 Å². The van der Waals surface area contributed by atoms with Crippen molar-refractivity contribution < 1.29 is 41.0 Å². The van der Waals surface area contributed by atoms with Crippen molar-refractivity contribution in [3.05, 3.63) is 65.0 Å². The van der Waals surface area contributed by atoms with Crippen molar-refractivity contribution >= 4 is 17.5 Å². The van der Waals surface area contributed by atoms with Crippen LogP contribution in [0.3, 0.4) is 0 Å². The van der Waals surface area contributed by atoms with Crippen LogP contribution in [0.5, 0.6) is 11.5 Å². The van der Waals surface area contributed by atoms with E-state index in [4.69, 9.17) is 0 Å². The summed E-state index contributed by atoms with van der Waals surface area (Å²) in [4.78, 5) is 28.7. The molecule has 2 aliphatic heterocycles. The summed E-state index contributed by atoms with van der Waals surface area (Å²) in [5, 5.41) is 3.87. The summed E-state index contributed by atoms with van der Waals surface area (Å²) in [7, 11) is 1.42. The highest BCUT2D eigenvalue weighted by Crippen LogP contribution is 2.43. The molecule has 212 valence electrons. The zero-order valence-corrected chi connectivity index (χ0v) is 22.0. The SMILES string of the molecule is CN(C(=O)c1cccc(-n2nc(C(F)(F)F)c3c2CCN(C(=O)C(C)(C)C)C3)c1)c1ccc2c(c1)OC(F)(F)O2. The average molecular weight is 565 g/mol. The van der Waals surface area contributed by atoms with E-state index in [1.807, 2.05) is 0 Å². The fourth-order valence-corrected chi connectivity index (χ4v) is 4.74. The Morgan fingerprint density at radius 3 is 2.40 bits per heavy atom. The number of fused-ring (bicyclic) bond motifs is 2. The number of benzene rings is 2. The van der Waals surface area contributed by atoms with Gasteiger partial charge in [-0.2, -0.15) is 18.3 Å². The normalized spacial score (nSPS) is 16.1. The van der Waals surface area contributed by atoms with E-state index < -0.39 is 29.5 Å². The molecule has 0 fully saturated rings. The van der Waals surface area contributed by atoms with Gasteiger partial charge in [0.25, 0.3) is 5.91 Å². The molecule has 0 bridgehead atoms. The van der Waals surface area contributed by atoms with Gasteiger partial charge in [-0.15, -0.1) is 8.78 Å². The molecule has 2 aromatic carbocycles. The monoisotopic (exact) mass is 564 g/mol. The second-order valence-corrected chi connectivity index (χ2v) is 10.6. The fourth-order valence-electron chi connectivity index (χ4n) is 4.74. The largest absolute Gasteiger partial charge is 0.586 e. The Labute approximate surface area is 225 Å². The number of rotatable bonds is 3. The molecule has 5 rings (SSSR count). The highest BCUT2D eigenvalue weighted by Gasteiger charge is 2.44. The Kier molecular flexibility index (Phi) is 6.31. The van der Waals surface area contributed by atoms with Gasteiger partial charge in [0.1, 0.15) is 0 Å². The molecule has 0 unspecified atom stereocenters. The maximum atomic E-state index is 14.0. The van der Waals surface area contributed by atoms with E-state index in [2.05, 4.69) is 14.6 Å². The molecule has 0 saturated heterocycles. The lowest BCUT2D eigenvalue weighted by Gasteiger charge is -2.33. The van der Waals surface area contributed by atoms with Crippen molar-refractivity contribution in [1.29, 1.82) is 0 Å².